The lowest BCUT2D eigenvalue weighted by atomic mass is 9.82. The molecule has 1 aliphatic rings. The van der Waals surface area contributed by atoms with Crippen molar-refractivity contribution in [3.8, 4) is 0 Å². The first-order chi connectivity index (χ1) is 21.0. The molecule has 5 rings (SSSR count). The Kier molecular flexibility index (Phi) is 8.11. The zero-order valence-electron chi connectivity index (χ0n) is 26.9. The minimum Gasteiger partial charge on any atom is -0.464 e. The number of carbonyl (C=O) groups is 3. The number of aryl methyl sites for hydroxylation is 1. The van der Waals surface area contributed by atoms with Crippen molar-refractivity contribution in [2.24, 2.45) is 0 Å². The first-order valence-corrected chi connectivity index (χ1v) is 14.9. The molecule has 45 heavy (non-hydrogen) atoms. The Hall–Kier alpha value is -4.87. The summed E-state index contributed by atoms with van der Waals surface area (Å²) in [7, 11) is 0. The van der Waals surface area contributed by atoms with Crippen LogP contribution in [0.2, 0.25) is 0 Å². The van der Waals surface area contributed by atoms with Crippen LogP contribution in [0.1, 0.15) is 104 Å². The predicted octanol–water partition coefficient (Wildman–Crippen LogP) is 6.57. The number of hydrogen-bond acceptors (Lipinski definition) is 9. The van der Waals surface area contributed by atoms with Gasteiger partial charge in [-0.15, -0.1) is 0 Å². The summed E-state index contributed by atoms with van der Waals surface area (Å²) in [6.07, 6.45) is 4.94. The van der Waals surface area contributed by atoms with Gasteiger partial charge in [-0.1, -0.05) is 26.8 Å². The molecule has 0 aromatic carbocycles. The molecule has 4 aromatic rings. The van der Waals surface area contributed by atoms with Crippen molar-refractivity contribution in [1.82, 2.24) is 24.3 Å². The zero-order chi connectivity index (χ0) is 32.8. The second kappa shape index (κ2) is 11.6. The maximum absolute atomic E-state index is 13.3. The number of ketones is 1. The molecule has 0 unspecified atom stereocenters. The Morgan fingerprint density at radius 3 is 2.36 bits per heavy atom. The SMILES string of the molecule is Cc1nc(N(C(=O)O)C(=O)OC(C)(C)C)c(C(C)(C)C)c(C)c1CNc1cc(C(=O)c2cn3cc(C4CC4)ccc3n2)ncn1. The Labute approximate surface area is 261 Å². The van der Waals surface area contributed by atoms with E-state index in [1.54, 1.807) is 40.0 Å². The van der Waals surface area contributed by atoms with Crippen LogP contribution >= 0.6 is 0 Å². The van der Waals surface area contributed by atoms with Gasteiger partial charge in [0.05, 0.1) is 0 Å². The summed E-state index contributed by atoms with van der Waals surface area (Å²) in [5.74, 6) is 0.705. The van der Waals surface area contributed by atoms with E-state index in [0.29, 0.717) is 39.2 Å². The topological polar surface area (TPSA) is 152 Å². The van der Waals surface area contributed by atoms with E-state index in [2.05, 4.69) is 31.3 Å². The molecule has 12 heteroatoms. The highest BCUT2D eigenvalue weighted by molar-refractivity contribution is 6.09. The molecule has 1 fully saturated rings. The number of fused-ring (bicyclic) bond motifs is 1. The summed E-state index contributed by atoms with van der Waals surface area (Å²) < 4.78 is 7.28. The van der Waals surface area contributed by atoms with Crippen molar-refractivity contribution in [3.63, 3.8) is 0 Å². The van der Waals surface area contributed by atoms with E-state index in [9.17, 15) is 19.5 Å². The van der Waals surface area contributed by atoms with E-state index >= 15 is 0 Å². The van der Waals surface area contributed by atoms with E-state index in [1.807, 2.05) is 44.4 Å². The normalized spacial score (nSPS) is 13.5. The third-order valence-electron chi connectivity index (χ3n) is 7.59. The van der Waals surface area contributed by atoms with Crippen LogP contribution in [0.3, 0.4) is 0 Å². The summed E-state index contributed by atoms with van der Waals surface area (Å²) in [4.78, 5) is 56.9. The van der Waals surface area contributed by atoms with E-state index < -0.39 is 23.2 Å². The van der Waals surface area contributed by atoms with Crippen molar-refractivity contribution < 1.29 is 24.2 Å². The highest BCUT2D eigenvalue weighted by Crippen LogP contribution is 2.40. The van der Waals surface area contributed by atoms with E-state index in [4.69, 9.17) is 4.74 Å². The Morgan fingerprint density at radius 1 is 1.02 bits per heavy atom. The predicted molar refractivity (Wildman–Crippen MR) is 169 cm³/mol. The fraction of sp³-hybridized carbons (Fsp3) is 0.424. The molecule has 1 aliphatic carbocycles. The number of rotatable bonds is 7. The van der Waals surface area contributed by atoms with Crippen LogP contribution in [0.4, 0.5) is 21.2 Å². The second-order valence-electron chi connectivity index (χ2n) is 13.4. The van der Waals surface area contributed by atoms with Gasteiger partial charge in [0.25, 0.3) is 0 Å². The minimum atomic E-state index is -1.49. The number of imidazole rings is 1. The van der Waals surface area contributed by atoms with Gasteiger partial charge in [-0.05, 0) is 81.5 Å². The van der Waals surface area contributed by atoms with Crippen molar-refractivity contribution in [1.29, 1.82) is 0 Å². The van der Waals surface area contributed by atoms with Crippen molar-refractivity contribution >= 4 is 35.3 Å². The molecule has 0 bridgehead atoms. The number of anilines is 2. The molecule has 2 amide bonds. The maximum atomic E-state index is 13.3. The van der Waals surface area contributed by atoms with Gasteiger partial charge in [0.15, 0.2) is 5.82 Å². The molecule has 12 nitrogen and oxygen atoms in total. The molecule has 0 radical (unpaired) electrons. The minimum absolute atomic E-state index is 0.00891. The first kappa shape index (κ1) is 31.6. The number of nitrogens with zero attached hydrogens (tertiary/aromatic N) is 6. The Bertz CT molecular complexity index is 1810. The van der Waals surface area contributed by atoms with Crippen LogP contribution in [0.5, 0.6) is 0 Å². The number of nitrogens with one attached hydrogen (secondary N) is 1. The van der Waals surface area contributed by atoms with Crippen molar-refractivity contribution in [2.45, 2.75) is 91.7 Å². The summed E-state index contributed by atoms with van der Waals surface area (Å²) in [5.41, 5.74) is 3.65. The van der Waals surface area contributed by atoms with Gasteiger partial charge in [0.1, 0.15) is 34.8 Å². The molecule has 0 spiro atoms. The summed E-state index contributed by atoms with van der Waals surface area (Å²) in [6, 6.07) is 5.57. The fourth-order valence-electron chi connectivity index (χ4n) is 5.42. The number of imide groups is 1. The van der Waals surface area contributed by atoms with Crippen molar-refractivity contribution in [2.75, 3.05) is 10.2 Å². The molecule has 1 saturated carbocycles. The van der Waals surface area contributed by atoms with Gasteiger partial charge in [-0.2, -0.15) is 4.90 Å². The van der Waals surface area contributed by atoms with Crippen LogP contribution in [0, 0.1) is 13.8 Å². The molecule has 4 heterocycles. The van der Waals surface area contributed by atoms with E-state index in [0.717, 1.165) is 11.1 Å². The third-order valence-corrected chi connectivity index (χ3v) is 7.59. The molecular formula is C33H39N7O5. The molecule has 0 atom stereocenters. The number of aromatic nitrogens is 5. The van der Waals surface area contributed by atoms with Crippen LogP contribution in [0.15, 0.2) is 36.9 Å². The number of amides is 2. The van der Waals surface area contributed by atoms with Gasteiger partial charge in [0.2, 0.25) is 5.78 Å². The zero-order valence-corrected chi connectivity index (χ0v) is 26.9. The number of pyridine rings is 2. The van der Waals surface area contributed by atoms with Crippen LogP contribution in [0.25, 0.3) is 5.65 Å². The number of ether oxygens (including phenoxy) is 1. The lowest BCUT2D eigenvalue weighted by Crippen LogP contribution is -2.42. The van der Waals surface area contributed by atoms with Crippen LogP contribution < -0.4 is 10.2 Å². The lowest BCUT2D eigenvalue weighted by molar-refractivity contribution is 0.0580. The molecule has 4 aromatic heterocycles. The van der Waals surface area contributed by atoms with Crippen LogP contribution in [-0.2, 0) is 16.7 Å². The highest BCUT2D eigenvalue weighted by Gasteiger charge is 2.36. The number of carboxylic acid groups (broad SMARTS) is 1. The van der Waals surface area contributed by atoms with E-state index in [-0.39, 0.29) is 23.8 Å². The lowest BCUT2D eigenvalue weighted by Gasteiger charge is -2.31. The van der Waals surface area contributed by atoms with Crippen LogP contribution in [-0.4, -0.2) is 53.0 Å². The first-order valence-electron chi connectivity index (χ1n) is 14.9. The fourth-order valence-corrected chi connectivity index (χ4v) is 5.42. The number of carbonyl (C=O) groups excluding carboxylic acids is 2. The molecule has 236 valence electrons. The maximum Gasteiger partial charge on any atom is 0.425 e. The van der Waals surface area contributed by atoms with Gasteiger partial charge >= 0.3 is 12.2 Å². The smallest absolute Gasteiger partial charge is 0.425 e. The number of hydrogen-bond donors (Lipinski definition) is 2. The summed E-state index contributed by atoms with van der Waals surface area (Å²) >= 11 is 0. The van der Waals surface area contributed by atoms with Gasteiger partial charge in [-0.25, -0.2) is 29.5 Å². The summed E-state index contributed by atoms with van der Waals surface area (Å²) in [5, 5.41) is 13.3. The molecule has 0 saturated heterocycles. The van der Waals surface area contributed by atoms with Crippen molar-refractivity contribution in [3.05, 3.63) is 76.3 Å². The van der Waals surface area contributed by atoms with Gasteiger partial charge < -0.3 is 19.6 Å². The molecular weight excluding hydrogens is 574 g/mol. The average molecular weight is 614 g/mol. The van der Waals surface area contributed by atoms with Gasteiger partial charge in [-0.3, -0.25) is 4.79 Å². The average Bonchev–Trinajstić information content (AvgIpc) is 3.69. The Morgan fingerprint density at radius 2 is 1.73 bits per heavy atom. The monoisotopic (exact) mass is 613 g/mol. The molecule has 0 aliphatic heterocycles. The standard InChI is InChI=1S/C33H39N7O5/c1-18-22(19(2)37-29(27(18)32(3,4)5)40(30(42)43)31(44)45-33(6,7)8)14-34-25-13-23(35-17-36-25)28(41)24-16-39-15-21(20-9-10-20)11-12-26(39)38-24/h11-13,15-17,20H,9-10,14H2,1-8H3,(H,42,43)(H,34,35,36). The summed E-state index contributed by atoms with van der Waals surface area (Å²) in [6.45, 7) is 14.7. The van der Waals surface area contributed by atoms with E-state index in [1.165, 1.54) is 24.7 Å². The van der Waals surface area contributed by atoms with Gasteiger partial charge in [0, 0.05) is 36.3 Å². The highest BCUT2D eigenvalue weighted by atomic mass is 16.6. The second-order valence-corrected chi connectivity index (χ2v) is 13.4. The molecule has 2 N–H and O–H groups in total. The Balaban J connectivity index is 1.41. The quantitative estimate of drug-likeness (QED) is 0.219. The third kappa shape index (κ3) is 6.79. The largest absolute Gasteiger partial charge is 0.464 e.